The molecule has 0 spiro atoms. The fourth-order valence-electron chi connectivity index (χ4n) is 1.16. The Hall–Kier alpha value is -2.17. The van der Waals surface area contributed by atoms with Gasteiger partial charge in [0, 0.05) is 12.1 Å². The number of carbonyl (C=O) groups is 1. The predicted molar refractivity (Wildman–Crippen MR) is 58.3 cm³/mol. The molecule has 0 heterocycles. The third-order valence-electron chi connectivity index (χ3n) is 1.98. The largest absolute Gasteiger partial charge is 0.458 e. The lowest BCUT2D eigenvalue weighted by molar-refractivity contribution is -0.384. The van der Waals surface area contributed by atoms with E-state index in [2.05, 4.69) is 6.58 Å². The average molecular weight is 221 g/mol. The van der Waals surface area contributed by atoms with Crippen molar-refractivity contribution in [1.29, 1.82) is 0 Å². The maximum Gasteiger partial charge on any atom is 0.338 e. The minimum atomic E-state index is -0.582. The van der Waals surface area contributed by atoms with Crippen molar-refractivity contribution >= 4 is 11.7 Å². The van der Waals surface area contributed by atoms with Gasteiger partial charge in [0.05, 0.1) is 10.5 Å². The maximum atomic E-state index is 11.5. The first-order valence-electron chi connectivity index (χ1n) is 4.59. The minimum Gasteiger partial charge on any atom is -0.458 e. The molecule has 0 amide bonds. The first-order valence-corrected chi connectivity index (χ1v) is 4.59. The highest BCUT2D eigenvalue weighted by atomic mass is 16.6. The summed E-state index contributed by atoms with van der Waals surface area (Å²) in [5, 5.41) is 10.5. The number of nitro benzene ring substituents is 1. The Morgan fingerprint density at radius 2 is 2.31 bits per heavy atom. The second-order valence-corrected chi connectivity index (χ2v) is 3.14. The molecule has 0 saturated heterocycles. The lowest BCUT2D eigenvalue weighted by atomic mass is 10.1. The summed E-state index contributed by atoms with van der Waals surface area (Å²) in [4.78, 5) is 21.5. The molecule has 84 valence electrons. The van der Waals surface area contributed by atoms with Crippen molar-refractivity contribution in [2.24, 2.45) is 0 Å². The van der Waals surface area contributed by atoms with Gasteiger partial charge < -0.3 is 4.74 Å². The van der Waals surface area contributed by atoms with Crippen LogP contribution in [0.3, 0.4) is 0 Å². The lowest BCUT2D eigenvalue weighted by Crippen LogP contribution is -2.07. The van der Waals surface area contributed by atoms with Crippen molar-refractivity contribution < 1.29 is 14.5 Å². The van der Waals surface area contributed by atoms with E-state index in [1.54, 1.807) is 6.92 Å². The van der Waals surface area contributed by atoms with E-state index in [9.17, 15) is 14.9 Å². The molecule has 1 aromatic carbocycles. The smallest absolute Gasteiger partial charge is 0.338 e. The molecule has 0 aliphatic rings. The molecule has 0 saturated carbocycles. The summed E-state index contributed by atoms with van der Waals surface area (Å²) in [5.41, 5.74) is 0.715. The SMILES string of the molecule is C=CCOC(=O)c1cc([N+](=O)[O-])ccc1C. The number of nitrogens with zero attached hydrogens (tertiary/aromatic N) is 1. The molecule has 5 nitrogen and oxygen atoms in total. The first-order chi connectivity index (χ1) is 7.56. The van der Waals surface area contributed by atoms with Gasteiger partial charge in [-0.1, -0.05) is 18.7 Å². The maximum absolute atomic E-state index is 11.5. The molecule has 5 heteroatoms. The van der Waals surface area contributed by atoms with E-state index >= 15 is 0 Å². The second-order valence-electron chi connectivity index (χ2n) is 3.14. The van der Waals surface area contributed by atoms with Gasteiger partial charge in [0.1, 0.15) is 6.61 Å². The number of nitro groups is 1. The highest BCUT2D eigenvalue weighted by Gasteiger charge is 2.15. The van der Waals surface area contributed by atoms with Gasteiger partial charge in [-0.05, 0) is 12.5 Å². The quantitative estimate of drug-likeness (QED) is 0.338. The molecular weight excluding hydrogens is 210 g/mol. The van der Waals surface area contributed by atoms with Gasteiger partial charge in [0.2, 0.25) is 0 Å². The predicted octanol–water partition coefficient (Wildman–Crippen LogP) is 2.25. The highest BCUT2D eigenvalue weighted by Crippen LogP contribution is 2.18. The van der Waals surface area contributed by atoms with E-state index in [0.29, 0.717) is 5.56 Å². The lowest BCUT2D eigenvalue weighted by Gasteiger charge is -2.04. The van der Waals surface area contributed by atoms with Gasteiger partial charge in [-0.2, -0.15) is 0 Å². The molecule has 0 aliphatic heterocycles. The Bertz CT molecular complexity index is 440. The molecule has 0 bridgehead atoms. The Morgan fingerprint density at radius 1 is 1.62 bits per heavy atom. The zero-order valence-electron chi connectivity index (χ0n) is 8.80. The molecule has 0 fully saturated rings. The van der Waals surface area contributed by atoms with Gasteiger partial charge in [0.25, 0.3) is 5.69 Å². The number of non-ortho nitro benzene ring substituents is 1. The molecule has 0 N–H and O–H groups in total. The number of aryl methyl sites for hydroxylation is 1. The fraction of sp³-hybridized carbons (Fsp3) is 0.182. The summed E-state index contributed by atoms with van der Waals surface area (Å²) in [6.45, 7) is 5.18. The molecule has 0 aliphatic carbocycles. The van der Waals surface area contributed by atoms with E-state index in [4.69, 9.17) is 4.74 Å². The molecular formula is C11H11NO4. The van der Waals surface area contributed by atoms with Gasteiger partial charge >= 0.3 is 5.97 Å². The van der Waals surface area contributed by atoms with E-state index in [-0.39, 0.29) is 17.9 Å². The summed E-state index contributed by atoms with van der Waals surface area (Å²) in [6.07, 6.45) is 1.44. The molecule has 1 aromatic rings. The van der Waals surface area contributed by atoms with E-state index in [0.717, 1.165) is 0 Å². The van der Waals surface area contributed by atoms with Crippen molar-refractivity contribution in [1.82, 2.24) is 0 Å². The topological polar surface area (TPSA) is 69.4 Å². The molecule has 0 aromatic heterocycles. The summed E-state index contributed by atoms with van der Waals surface area (Å²) >= 11 is 0. The van der Waals surface area contributed by atoms with Crippen LogP contribution in [0, 0.1) is 17.0 Å². The van der Waals surface area contributed by atoms with Gasteiger partial charge in [-0.3, -0.25) is 10.1 Å². The zero-order chi connectivity index (χ0) is 12.1. The van der Waals surface area contributed by atoms with Crippen LogP contribution in [0.15, 0.2) is 30.9 Å². The second kappa shape index (κ2) is 5.06. The van der Waals surface area contributed by atoms with Crippen molar-refractivity contribution in [3.8, 4) is 0 Å². The van der Waals surface area contributed by atoms with Crippen LogP contribution in [-0.4, -0.2) is 17.5 Å². The third-order valence-corrected chi connectivity index (χ3v) is 1.98. The van der Waals surface area contributed by atoms with E-state index < -0.39 is 10.9 Å². The van der Waals surface area contributed by atoms with Crippen LogP contribution in [0.1, 0.15) is 15.9 Å². The summed E-state index contributed by atoms with van der Waals surface area (Å²) in [5.74, 6) is -0.582. The van der Waals surface area contributed by atoms with Gasteiger partial charge in [-0.25, -0.2) is 4.79 Å². The average Bonchev–Trinajstić information content (AvgIpc) is 2.26. The minimum absolute atomic E-state index is 0.0843. The molecule has 16 heavy (non-hydrogen) atoms. The Morgan fingerprint density at radius 3 is 2.88 bits per heavy atom. The van der Waals surface area contributed by atoms with Gasteiger partial charge in [0.15, 0.2) is 0 Å². The number of carbonyl (C=O) groups excluding carboxylic acids is 1. The number of hydrogen-bond acceptors (Lipinski definition) is 4. The number of ether oxygens (including phenoxy) is 1. The van der Waals surface area contributed by atoms with Crippen LogP contribution < -0.4 is 0 Å². The third kappa shape index (κ3) is 2.66. The van der Waals surface area contributed by atoms with Crippen molar-refractivity contribution in [3.05, 3.63) is 52.1 Å². The van der Waals surface area contributed by atoms with E-state index in [1.165, 1.54) is 24.3 Å². The van der Waals surface area contributed by atoms with Crippen LogP contribution in [0.2, 0.25) is 0 Å². The highest BCUT2D eigenvalue weighted by molar-refractivity contribution is 5.91. The van der Waals surface area contributed by atoms with Crippen LogP contribution in [0.5, 0.6) is 0 Å². The standard InChI is InChI=1S/C11H11NO4/c1-3-6-16-11(13)10-7-9(12(14)15)5-4-8(10)2/h3-5,7H,1,6H2,2H3. The van der Waals surface area contributed by atoms with Crippen molar-refractivity contribution in [2.75, 3.05) is 6.61 Å². The molecule has 1 rings (SSSR count). The van der Waals surface area contributed by atoms with Crippen molar-refractivity contribution in [3.63, 3.8) is 0 Å². The van der Waals surface area contributed by atoms with Gasteiger partial charge in [-0.15, -0.1) is 0 Å². The van der Waals surface area contributed by atoms with Crippen LogP contribution in [0.4, 0.5) is 5.69 Å². The van der Waals surface area contributed by atoms with Crippen LogP contribution >= 0.6 is 0 Å². The zero-order valence-corrected chi connectivity index (χ0v) is 8.80. The number of rotatable bonds is 4. The van der Waals surface area contributed by atoms with E-state index in [1.807, 2.05) is 0 Å². The van der Waals surface area contributed by atoms with Crippen LogP contribution in [0.25, 0.3) is 0 Å². The first kappa shape index (κ1) is 11.9. The van der Waals surface area contributed by atoms with Crippen LogP contribution in [-0.2, 0) is 4.74 Å². The Kier molecular flexibility index (Phi) is 3.77. The summed E-state index contributed by atoms with van der Waals surface area (Å²) < 4.78 is 4.81. The number of hydrogen-bond donors (Lipinski definition) is 0. The Labute approximate surface area is 92.5 Å². The normalized spacial score (nSPS) is 9.56. The number of benzene rings is 1. The molecule has 0 atom stereocenters. The monoisotopic (exact) mass is 221 g/mol. The summed E-state index contributed by atoms with van der Waals surface area (Å²) in [7, 11) is 0. The fourth-order valence-corrected chi connectivity index (χ4v) is 1.16. The Balaban J connectivity index is 3.02. The molecule has 0 unspecified atom stereocenters. The van der Waals surface area contributed by atoms with Crippen molar-refractivity contribution in [2.45, 2.75) is 6.92 Å². The molecule has 0 radical (unpaired) electrons. The number of esters is 1. The summed E-state index contributed by atoms with van der Waals surface area (Å²) in [6, 6.07) is 4.07.